The quantitative estimate of drug-likeness (QED) is 0.710. The number of halogens is 1. The van der Waals surface area contributed by atoms with Crippen molar-refractivity contribution < 1.29 is 17.9 Å². The lowest BCUT2D eigenvalue weighted by atomic mass is 10.1. The van der Waals surface area contributed by atoms with Gasteiger partial charge in [-0.15, -0.1) is 0 Å². The van der Waals surface area contributed by atoms with Gasteiger partial charge in [0, 0.05) is 0 Å². The number of sulfonamides is 1. The summed E-state index contributed by atoms with van der Waals surface area (Å²) in [5.74, 6) is -0.322. The van der Waals surface area contributed by atoms with Gasteiger partial charge in [-0.25, -0.2) is 12.8 Å². The van der Waals surface area contributed by atoms with Crippen molar-refractivity contribution >= 4 is 15.7 Å². The molecule has 3 rings (SSSR count). The normalized spacial score (nSPS) is 11.3. The Labute approximate surface area is 152 Å². The molecular weight excluding hydrogens is 353 g/mol. The first kappa shape index (κ1) is 18.1. The lowest BCUT2D eigenvalue weighted by molar-refractivity contribution is 0.282. The average molecular weight is 371 g/mol. The molecule has 0 radical (unpaired) electrons. The van der Waals surface area contributed by atoms with E-state index in [-0.39, 0.29) is 17.3 Å². The molecule has 0 aliphatic heterocycles. The maximum atomic E-state index is 13.0. The molecule has 3 aromatic rings. The fourth-order valence-electron chi connectivity index (χ4n) is 2.55. The highest BCUT2D eigenvalue weighted by atomic mass is 32.2. The van der Waals surface area contributed by atoms with E-state index in [4.69, 9.17) is 0 Å². The summed E-state index contributed by atoms with van der Waals surface area (Å²) in [4.78, 5) is 0.122. The summed E-state index contributed by atoms with van der Waals surface area (Å²) < 4.78 is 40.8. The zero-order valence-corrected chi connectivity index (χ0v) is 14.9. The van der Waals surface area contributed by atoms with Crippen molar-refractivity contribution in [1.29, 1.82) is 0 Å². The summed E-state index contributed by atoms with van der Waals surface area (Å²) >= 11 is 0. The van der Waals surface area contributed by atoms with E-state index in [2.05, 4.69) is 4.72 Å². The van der Waals surface area contributed by atoms with Crippen LogP contribution in [0.25, 0.3) is 11.1 Å². The van der Waals surface area contributed by atoms with Gasteiger partial charge in [-0.05, 0) is 59.5 Å². The molecule has 0 aliphatic rings. The Hall–Kier alpha value is -2.70. The Morgan fingerprint density at radius 2 is 1.50 bits per heavy atom. The summed E-state index contributed by atoms with van der Waals surface area (Å²) in [5, 5.41) is 9.22. The number of rotatable bonds is 5. The van der Waals surface area contributed by atoms with E-state index in [1.54, 1.807) is 49.4 Å². The van der Waals surface area contributed by atoms with E-state index in [0.29, 0.717) is 11.3 Å². The maximum absolute atomic E-state index is 13.0. The van der Waals surface area contributed by atoms with Crippen molar-refractivity contribution in [2.75, 3.05) is 4.72 Å². The van der Waals surface area contributed by atoms with Gasteiger partial charge in [-0.1, -0.05) is 36.4 Å². The van der Waals surface area contributed by atoms with E-state index in [1.165, 1.54) is 24.3 Å². The maximum Gasteiger partial charge on any atom is 0.261 e. The third-order valence-corrected chi connectivity index (χ3v) is 5.45. The second-order valence-corrected chi connectivity index (χ2v) is 7.63. The second-order valence-electron chi connectivity index (χ2n) is 5.94. The van der Waals surface area contributed by atoms with Crippen molar-refractivity contribution in [3.05, 3.63) is 83.7 Å². The molecule has 4 nitrogen and oxygen atoms in total. The lowest BCUT2D eigenvalue weighted by Crippen LogP contribution is -2.14. The number of hydrogen-bond acceptors (Lipinski definition) is 3. The van der Waals surface area contributed by atoms with E-state index >= 15 is 0 Å². The minimum absolute atomic E-state index is 0.122. The van der Waals surface area contributed by atoms with Crippen molar-refractivity contribution in [2.24, 2.45) is 0 Å². The topological polar surface area (TPSA) is 66.4 Å². The Morgan fingerprint density at radius 1 is 0.923 bits per heavy atom. The Balaban J connectivity index is 1.87. The van der Waals surface area contributed by atoms with Crippen molar-refractivity contribution in [1.82, 2.24) is 0 Å². The summed E-state index contributed by atoms with van der Waals surface area (Å²) in [5.41, 5.74) is 3.41. The molecule has 0 bridgehead atoms. The van der Waals surface area contributed by atoms with Gasteiger partial charge in [0.05, 0.1) is 17.2 Å². The molecular formula is C20H18FNO3S. The molecule has 3 aromatic carbocycles. The molecule has 0 saturated heterocycles. The minimum atomic E-state index is -3.76. The molecule has 0 saturated carbocycles. The fraction of sp³-hybridized carbons (Fsp3) is 0.100. The number of anilines is 1. The molecule has 0 unspecified atom stereocenters. The Bertz CT molecular complexity index is 1010. The van der Waals surface area contributed by atoms with Crippen LogP contribution in [0.5, 0.6) is 0 Å². The molecule has 0 amide bonds. The second kappa shape index (κ2) is 7.27. The van der Waals surface area contributed by atoms with Crippen LogP contribution in [0.15, 0.2) is 71.6 Å². The van der Waals surface area contributed by atoms with Gasteiger partial charge < -0.3 is 5.11 Å². The smallest absolute Gasteiger partial charge is 0.261 e. The van der Waals surface area contributed by atoms with Crippen molar-refractivity contribution in [2.45, 2.75) is 18.4 Å². The number of aryl methyl sites for hydroxylation is 1. The molecule has 134 valence electrons. The molecule has 0 fully saturated rings. The molecule has 6 heteroatoms. The molecule has 0 heterocycles. The minimum Gasteiger partial charge on any atom is -0.392 e. The van der Waals surface area contributed by atoms with E-state index < -0.39 is 10.0 Å². The van der Waals surface area contributed by atoms with Gasteiger partial charge in [-0.2, -0.15) is 0 Å². The highest BCUT2D eigenvalue weighted by Crippen LogP contribution is 2.24. The predicted octanol–water partition coefficient (Wildman–Crippen LogP) is 4.09. The molecule has 0 aliphatic carbocycles. The molecule has 0 atom stereocenters. The monoisotopic (exact) mass is 371 g/mol. The number of aliphatic hydroxyl groups excluding tert-OH is 1. The van der Waals surface area contributed by atoms with E-state index in [1.807, 2.05) is 0 Å². The SMILES string of the molecule is Cc1ccc(CO)cc1NS(=O)(=O)c1ccc(-c2ccc(F)cc2)cc1. The highest BCUT2D eigenvalue weighted by Gasteiger charge is 2.15. The third kappa shape index (κ3) is 3.92. The highest BCUT2D eigenvalue weighted by molar-refractivity contribution is 7.92. The first-order valence-electron chi connectivity index (χ1n) is 7.98. The molecule has 0 spiro atoms. The third-order valence-electron chi connectivity index (χ3n) is 4.07. The van der Waals surface area contributed by atoms with Crippen LogP contribution in [0, 0.1) is 12.7 Å². The van der Waals surface area contributed by atoms with Gasteiger partial charge in [-0.3, -0.25) is 4.72 Å². The van der Waals surface area contributed by atoms with Crippen LogP contribution in [0.4, 0.5) is 10.1 Å². The van der Waals surface area contributed by atoms with Crippen molar-refractivity contribution in [3.8, 4) is 11.1 Å². The van der Waals surface area contributed by atoms with Crippen LogP contribution in [-0.4, -0.2) is 13.5 Å². The van der Waals surface area contributed by atoms with Gasteiger partial charge in [0.25, 0.3) is 10.0 Å². The van der Waals surface area contributed by atoms with Gasteiger partial charge >= 0.3 is 0 Å². The summed E-state index contributed by atoms with van der Waals surface area (Å²) in [6, 6.07) is 17.5. The lowest BCUT2D eigenvalue weighted by Gasteiger charge is -2.12. The number of benzene rings is 3. The first-order valence-corrected chi connectivity index (χ1v) is 9.46. The summed E-state index contributed by atoms with van der Waals surface area (Å²) in [6.45, 7) is 1.62. The standard InChI is InChI=1S/C20H18FNO3S/c1-14-2-3-15(13-23)12-20(14)22-26(24,25)19-10-6-17(7-11-19)16-4-8-18(21)9-5-16/h2-12,22-23H,13H2,1H3. The van der Waals surface area contributed by atoms with Crippen LogP contribution in [0.1, 0.15) is 11.1 Å². The number of nitrogens with one attached hydrogen (secondary N) is 1. The Kier molecular flexibility index (Phi) is 5.06. The van der Waals surface area contributed by atoms with E-state index in [0.717, 1.165) is 16.7 Å². The largest absolute Gasteiger partial charge is 0.392 e. The first-order chi connectivity index (χ1) is 12.4. The molecule has 26 heavy (non-hydrogen) atoms. The number of hydrogen-bond donors (Lipinski definition) is 2. The van der Waals surface area contributed by atoms with E-state index in [9.17, 15) is 17.9 Å². The van der Waals surface area contributed by atoms with Crippen LogP contribution in [-0.2, 0) is 16.6 Å². The predicted molar refractivity (Wildman–Crippen MR) is 99.7 cm³/mol. The number of aliphatic hydroxyl groups is 1. The zero-order chi connectivity index (χ0) is 18.7. The van der Waals surface area contributed by atoms with Crippen LogP contribution in [0.2, 0.25) is 0 Å². The Morgan fingerprint density at radius 3 is 2.08 bits per heavy atom. The van der Waals surface area contributed by atoms with Crippen LogP contribution in [0.3, 0.4) is 0 Å². The van der Waals surface area contributed by atoms with Crippen molar-refractivity contribution in [3.63, 3.8) is 0 Å². The van der Waals surface area contributed by atoms with Gasteiger partial charge in [0.2, 0.25) is 0 Å². The summed E-state index contributed by atoms with van der Waals surface area (Å²) in [7, 11) is -3.76. The summed E-state index contributed by atoms with van der Waals surface area (Å²) in [6.07, 6.45) is 0. The van der Waals surface area contributed by atoms with Crippen LogP contribution < -0.4 is 4.72 Å². The molecule has 0 aromatic heterocycles. The average Bonchev–Trinajstić information content (AvgIpc) is 2.64. The zero-order valence-electron chi connectivity index (χ0n) is 14.1. The van der Waals surface area contributed by atoms with Gasteiger partial charge in [0.15, 0.2) is 0 Å². The fourth-order valence-corrected chi connectivity index (χ4v) is 3.67. The van der Waals surface area contributed by atoms with Crippen LogP contribution >= 0.6 is 0 Å². The molecule has 2 N–H and O–H groups in total. The van der Waals surface area contributed by atoms with Gasteiger partial charge in [0.1, 0.15) is 5.82 Å².